The standard InChI is InChI=1S/C17H12FN3/c18-12-6-7-14-13(9-12)17-15(10-19-14)20-16(21-17)8-11-4-2-1-3-5-11/h1-7,9-10H,8H2,(H,20,21). The monoisotopic (exact) mass is 277 g/mol. The van der Waals surface area contributed by atoms with Gasteiger partial charge in [-0.1, -0.05) is 30.3 Å². The minimum atomic E-state index is -0.274. The van der Waals surface area contributed by atoms with E-state index in [1.807, 2.05) is 18.2 Å². The average molecular weight is 277 g/mol. The molecule has 102 valence electrons. The molecule has 3 nitrogen and oxygen atoms in total. The van der Waals surface area contributed by atoms with Gasteiger partial charge in [-0.25, -0.2) is 9.37 Å². The van der Waals surface area contributed by atoms with E-state index in [2.05, 4.69) is 27.1 Å². The first-order valence-electron chi connectivity index (χ1n) is 6.76. The van der Waals surface area contributed by atoms with Gasteiger partial charge in [-0.3, -0.25) is 4.98 Å². The van der Waals surface area contributed by atoms with Gasteiger partial charge in [0, 0.05) is 11.8 Å². The Morgan fingerprint density at radius 2 is 1.90 bits per heavy atom. The van der Waals surface area contributed by atoms with E-state index in [1.165, 1.54) is 17.7 Å². The number of benzene rings is 2. The van der Waals surface area contributed by atoms with Crippen LogP contribution in [0.25, 0.3) is 21.9 Å². The van der Waals surface area contributed by atoms with Crippen molar-refractivity contribution in [2.45, 2.75) is 6.42 Å². The van der Waals surface area contributed by atoms with E-state index in [-0.39, 0.29) is 5.82 Å². The van der Waals surface area contributed by atoms with Crippen LogP contribution < -0.4 is 0 Å². The maximum absolute atomic E-state index is 13.5. The van der Waals surface area contributed by atoms with Crippen molar-refractivity contribution in [3.8, 4) is 0 Å². The first-order valence-corrected chi connectivity index (χ1v) is 6.76. The van der Waals surface area contributed by atoms with Crippen molar-refractivity contribution in [1.82, 2.24) is 15.0 Å². The summed E-state index contributed by atoms with van der Waals surface area (Å²) in [4.78, 5) is 12.2. The largest absolute Gasteiger partial charge is 0.340 e. The molecule has 0 unspecified atom stereocenters. The van der Waals surface area contributed by atoms with Gasteiger partial charge in [0.15, 0.2) is 0 Å². The Bertz CT molecular complexity index is 929. The van der Waals surface area contributed by atoms with Crippen molar-refractivity contribution >= 4 is 21.9 Å². The molecule has 4 heteroatoms. The molecule has 4 rings (SSSR count). The molecule has 0 saturated carbocycles. The fourth-order valence-electron chi connectivity index (χ4n) is 2.55. The number of hydrogen-bond donors (Lipinski definition) is 1. The third-order valence-electron chi connectivity index (χ3n) is 3.54. The molecular formula is C17H12FN3. The molecule has 2 aromatic carbocycles. The average Bonchev–Trinajstić information content (AvgIpc) is 2.91. The van der Waals surface area contributed by atoms with Crippen LogP contribution in [0.3, 0.4) is 0 Å². The van der Waals surface area contributed by atoms with E-state index >= 15 is 0 Å². The molecule has 0 radical (unpaired) electrons. The van der Waals surface area contributed by atoms with E-state index in [4.69, 9.17) is 0 Å². The molecule has 0 bridgehead atoms. The Hall–Kier alpha value is -2.75. The van der Waals surface area contributed by atoms with E-state index in [0.29, 0.717) is 6.42 Å². The number of hydrogen-bond acceptors (Lipinski definition) is 2. The molecule has 0 spiro atoms. The van der Waals surface area contributed by atoms with Crippen LogP contribution in [0.1, 0.15) is 11.4 Å². The van der Waals surface area contributed by atoms with E-state index < -0.39 is 0 Å². The molecular weight excluding hydrogens is 265 g/mol. The van der Waals surface area contributed by atoms with E-state index in [1.54, 1.807) is 12.3 Å². The summed E-state index contributed by atoms with van der Waals surface area (Å²) in [5.41, 5.74) is 3.53. The summed E-state index contributed by atoms with van der Waals surface area (Å²) in [7, 11) is 0. The number of nitrogens with one attached hydrogen (secondary N) is 1. The van der Waals surface area contributed by atoms with Gasteiger partial charge in [-0.05, 0) is 23.8 Å². The second-order valence-corrected chi connectivity index (χ2v) is 5.03. The van der Waals surface area contributed by atoms with Crippen LogP contribution in [-0.2, 0) is 6.42 Å². The first kappa shape index (κ1) is 12.0. The van der Waals surface area contributed by atoms with Crippen LogP contribution in [0.2, 0.25) is 0 Å². The number of halogens is 1. The summed E-state index contributed by atoms with van der Waals surface area (Å²) in [5, 5.41) is 0.739. The van der Waals surface area contributed by atoms with Crippen LogP contribution >= 0.6 is 0 Å². The first-order chi connectivity index (χ1) is 10.3. The van der Waals surface area contributed by atoms with Crippen molar-refractivity contribution in [1.29, 1.82) is 0 Å². The summed E-state index contributed by atoms with van der Waals surface area (Å²) in [6.07, 6.45) is 2.46. The van der Waals surface area contributed by atoms with Crippen LogP contribution in [0, 0.1) is 5.82 Å². The van der Waals surface area contributed by atoms with E-state index in [9.17, 15) is 4.39 Å². The molecule has 2 heterocycles. The number of aromatic amines is 1. The quantitative estimate of drug-likeness (QED) is 0.605. The SMILES string of the molecule is Fc1ccc2ncc3[nH]c(Cc4ccccc4)nc3c2c1. The van der Waals surface area contributed by atoms with Crippen LogP contribution in [0.4, 0.5) is 4.39 Å². The van der Waals surface area contributed by atoms with Crippen molar-refractivity contribution in [3.63, 3.8) is 0 Å². The lowest BCUT2D eigenvalue weighted by atomic mass is 10.1. The Kier molecular flexibility index (Phi) is 2.67. The molecule has 0 saturated heterocycles. The highest BCUT2D eigenvalue weighted by molar-refractivity contribution is 6.01. The number of nitrogens with zero attached hydrogens (tertiary/aromatic N) is 2. The normalized spacial score (nSPS) is 11.3. The second kappa shape index (κ2) is 4.66. The molecule has 0 amide bonds. The molecule has 1 N–H and O–H groups in total. The van der Waals surface area contributed by atoms with Gasteiger partial charge in [0.25, 0.3) is 0 Å². The third kappa shape index (κ3) is 2.14. The highest BCUT2D eigenvalue weighted by Gasteiger charge is 2.09. The van der Waals surface area contributed by atoms with Crippen molar-refractivity contribution in [2.24, 2.45) is 0 Å². The molecule has 4 aromatic rings. The highest BCUT2D eigenvalue weighted by Crippen LogP contribution is 2.23. The predicted molar refractivity (Wildman–Crippen MR) is 80.6 cm³/mol. The minimum absolute atomic E-state index is 0.274. The highest BCUT2D eigenvalue weighted by atomic mass is 19.1. The van der Waals surface area contributed by atoms with Crippen molar-refractivity contribution in [2.75, 3.05) is 0 Å². The van der Waals surface area contributed by atoms with Gasteiger partial charge < -0.3 is 4.98 Å². The van der Waals surface area contributed by atoms with Crippen molar-refractivity contribution in [3.05, 3.63) is 71.9 Å². The van der Waals surface area contributed by atoms with Crippen LogP contribution in [0.15, 0.2) is 54.7 Å². The molecule has 21 heavy (non-hydrogen) atoms. The summed E-state index contributed by atoms with van der Waals surface area (Å²) in [6, 6.07) is 14.7. The van der Waals surface area contributed by atoms with Crippen molar-refractivity contribution < 1.29 is 4.39 Å². The van der Waals surface area contributed by atoms with Crippen LogP contribution in [-0.4, -0.2) is 15.0 Å². The van der Waals surface area contributed by atoms with Crippen LogP contribution in [0.5, 0.6) is 0 Å². The molecule has 0 fully saturated rings. The maximum atomic E-state index is 13.5. The summed E-state index contributed by atoms with van der Waals surface area (Å²) < 4.78 is 13.5. The van der Waals surface area contributed by atoms with Gasteiger partial charge in [-0.2, -0.15) is 0 Å². The summed E-state index contributed by atoms with van der Waals surface area (Å²) in [6.45, 7) is 0. The fraction of sp³-hybridized carbons (Fsp3) is 0.0588. The summed E-state index contributed by atoms with van der Waals surface area (Å²) >= 11 is 0. The van der Waals surface area contributed by atoms with Gasteiger partial charge in [0.1, 0.15) is 11.6 Å². The maximum Gasteiger partial charge on any atom is 0.124 e. The Morgan fingerprint density at radius 3 is 2.76 bits per heavy atom. The van der Waals surface area contributed by atoms with Gasteiger partial charge in [-0.15, -0.1) is 0 Å². The number of pyridine rings is 1. The Labute approximate surface area is 120 Å². The van der Waals surface area contributed by atoms with Gasteiger partial charge >= 0.3 is 0 Å². The number of fused-ring (bicyclic) bond motifs is 3. The van der Waals surface area contributed by atoms with Gasteiger partial charge in [0.2, 0.25) is 0 Å². The van der Waals surface area contributed by atoms with E-state index in [0.717, 1.165) is 27.8 Å². The number of imidazole rings is 1. The smallest absolute Gasteiger partial charge is 0.124 e. The lowest BCUT2D eigenvalue weighted by Gasteiger charge is -1.97. The number of H-pyrrole nitrogens is 1. The summed E-state index contributed by atoms with van der Waals surface area (Å²) in [5.74, 6) is 0.583. The Morgan fingerprint density at radius 1 is 1.05 bits per heavy atom. The molecule has 2 aromatic heterocycles. The zero-order valence-electron chi connectivity index (χ0n) is 11.2. The Balaban J connectivity index is 1.86. The number of rotatable bonds is 2. The lowest BCUT2D eigenvalue weighted by Crippen LogP contribution is -1.89. The van der Waals surface area contributed by atoms with Gasteiger partial charge in [0.05, 0.1) is 22.7 Å². The third-order valence-corrected chi connectivity index (χ3v) is 3.54. The predicted octanol–water partition coefficient (Wildman–Crippen LogP) is 3.84. The lowest BCUT2D eigenvalue weighted by molar-refractivity contribution is 0.629. The second-order valence-electron chi connectivity index (χ2n) is 5.03. The molecule has 0 aliphatic heterocycles. The zero-order valence-corrected chi connectivity index (χ0v) is 11.2. The number of aromatic nitrogens is 3. The molecule has 0 aliphatic carbocycles. The minimum Gasteiger partial charge on any atom is -0.340 e. The fourth-order valence-corrected chi connectivity index (χ4v) is 2.55. The molecule has 0 aliphatic rings. The zero-order chi connectivity index (χ0) is 14.2. The molecule has 0 atom stereocenters. The topological polar surface area (TPSA) is 41.6 Å².